The number of amides is 1. The van der Waals surface area contributed by atoms with Crippen molar-refractivity contribution < 1.29 is 9.21 Å². The van der Waals surface area contributed by atoms with Gasteiger partial charge in [0, 0.05) is 28.3 Å². The minimum Gasteiger partial charge on any atom is -0.404 e. The van der Waals surface area contributed by atoms with Gasteiger partial charge in [0.2, 0.25) is 11.8 Å². The van der Waals surface area contributed by atoms with Crippen LogP contribution in [0.2, 0.25) is 0 Å². The zero-order valence-corrected chi connectivity index (χ0v) is 15.9. The van der Waals surface area contributed by atoms with Crippen molar-refractivity contribution in [2.75, 3.05) is 5.73 Å². The molecule has 0 bridgehead atoms. The van der Waals surface area contributed by atoms with E-state index in [0.717, 1.165) is 31.6 Å². The number of carbonyl (C=O) groups is 1. The number of rotatable bonds is 5. The number of nitrogens with two attached hydrogens (primary N) is 1. The summed E-state index contributed by atoms with van der Waals surface area (Å²) < 4.78 is 5.29. The van der Waals surface area contributed by atoms with Gasteiger partial charge in [-0.25, -0.2) is 4.98 Å². The zero-order chi connectivity index (χ0) is 18.8. The second-order valence-electron chi connectivity index (χ2n) is 5.74. The van der Waals surface area contributed by atoms with E-state index in [4.69, 9.17) is 15.1 Å². The molecule has 0 spiro atoms. The molecule has 0 radical (unpaired) electrons. The molecular weight excluding hydrogens is 382 g/mol. The lowest BCUT2D eigenvalue weighted by Crippen LogP contribution is -2.17. The van der Waals surface area contributed by atoms with Crippen molar-refractivity contribution in [2.45, 2.75) is 13.5 Å². The predicted octanol–water partition coefficient (Wildman–Crippen LogP) is 3.81. The number of nitrogens with one attached hydrogen (secondary N) is 1. The van der Waals surface area contributed by atoms with E-state index in [1.54, 1.807) is 22.7 Å². The smallest absolute Gasteiger partial charge is 0.313 e. The fourth-order valence-electron chi connectivity index (χ4n) is 2.48. The highest BCUT2D eigenvalue weighted by atomic mass is 32.1. The summed E-state index contributed by atoms with van der Waals surface area (Å²) in [5.41, 5.74) is 8.18. The van der Waals surface area contributed by atoms with E-state index in [1.807, 2.05) is 41.8 Å². The molecule has 0 aliphatic heterocycles. The molecule has 27 heavy (non-hydrogen) atoms. The molecule has 3 N–H and O–H groups in total. The Balaban J connectivity index is 1.57. The molecule has 136 valence electrons. The Morgan fingerprint density at radius 2 is 2.07 bits per heavy atom. The molecular formula is C18H15N5O2S2. The molecule has 0 atom stereocenters. The van der Waals surface area contributed by atoms with Crippen molar-refractivity contribution in [3.8, 4) is 32.6 Å². The van der Waals surface area contributed by atoms with E-state index in [0.29, 0.717) is 12.4 Å². The number of thiophene rings is 1. The maximum Gasteiger partial charge on any atom is 0.313 e. The van der Waals surface area contributed by atoms with Gasteiger partial charge in [-0.2, -0.15) is 0 Å². The fraction of sp³-hybridized carbons (Fsp3) is 0.111. The van der Waals surface area contributed by atoms with Crippen LogP contribution in [-0.4, -0.2) is 21.1 Å². The van der Waals surface area contributed by atoms with Gasteiger partial charge in [-0.05, 0) is 24.3 Å². The Bertz CT molecular complexity index is 1100. The third kappa shape index (κ3) is 3.88. The average molecular weight is 397 g/mol. The first kappa shape index (κ1) is 17.4. The molecule has 1 amide bonds. The van der Waals surface area contributed by atoms with E-state index in [9.17, 15) is 4.79 Å². The van der Waals surface area contributed by atoms with Gasteiger partial charge < -0.3 is 15.5 Å². The lowest BCUT2D eigenvalue weighted by Gasteiger charge is -1.99. The van der Waals surface area contributed by atoms with Gasteiger partial charge in [0.15, 0.2) is 0 Å². The summed E-state index contributed by atoms with van der Waals surface area (Å²) in [6.45, 7) is 2.05. The van der Waals surface area contributed by atoms with E-state index < -0.39 is 0 Å². The Morgan fingerprint density at radius 1 is 1.22 bits per heavy atom. The molecule has 0 unspecified atom stereocenters. The first-order valence-electron chi connectivity index (χ1n) is 8.07. The normalized spacial score (nSPS) is 10.9. The number of anilines is 1. The molecule has 1 aromatic carbocycles. The first-order valence-corrected chi connectivity index (χ1v) is 9.77. The average Bonchev–Trinajstić information content (AvgIpc) is 3.40. The molecule has 3 heterocycles. The largest absolute Gasteiger partial charge is 0.404 e. The van der Waals surface area contributed by atoms with Gasteiger partial charge in [0.1, 0.15) is 5.01 Å². The Morgan fingerprint density at radius 3 is 2.85 bits per heavy atom. The number of nitrogens with zero attached hydrogens (tertiary/aromatic N) is 3. The van der Waals surface area contributed by atoms with Crippen LogP contribution in [0.1, 0.15) is 11.8 Å². The maximum absolute atomic E-state index is 11.0. The van der Waals surface area contributed by atoms with Crippen molar-refractivity contribution >= 4 is 34.6 Å². The van der Waals surface area contributed by atoms with E-state index in [2.05, 4.69) is 15.5 Å². The van der Waals surface area contributed by atoms with Gasteiger partial charge in [-0.1, -0.05) is 17.2 Å². The van der Waals surface area contributed by atoms with Crippen molar-refractivity contribution in [2.24, 2.45) is 0 Å². The monoisotopic (exact) mass is 397 g/mol. The summed E-state index contributed by atoms with van der Waals surface area (Å²) in [5, 5.41) is 13.3. The quantitative estimate of drug-likeness (QED) is 0.530. The molecule has 4 aromatic rings. The number of aromatic nitrogens is 3. The molecule has 0 aliphatic carbocycles. The third-order valence-electron chi connectivity index (χ3n) is 3.73. The van der Waals surface area contributed by atoms with Gasteiger partial charge in [0.25, 0.3) is 0 Å². The first-order chi connectivity index (χ1) is 13.1. The summed E-state index contributed by atoms with van der Waals surface area (Å²) in [5.74, 6) is 0.343. The van der Waals surface area contributed by atoms with Gasteiger partial charge >= 0.3 is 6.01 Å². The molecule has 3 aromatic heterocycles. The van der Waals surface area contributed by atoms with E-state index >= 15 is 0 Å². The lowest BCUT2D eigenvalue weighted by molar-refractivity contribution is -0.119. The number of thiazole rings is 1. The topological polar surface area (TPSA) is 107 Å². The minimum absolute atomic E-state index is 0.0382. The number of carbonyl (C=O) groups excluding carboxylic acids is 1. The highest BCUT2D eigenvalue weighted by Crippen LogP contribution is 2.34. The zero-order valence-electron chi connectivity index (χ0n) is 14.3. The number of hydrogen-bond acceptors (Lipinski definition) is 8. The van der Waals surface area contributed by atoms with Crippen LogP contribution >= 0.6 is 22.7 Å². The van der Waals surface area contributed by atoms with Crippen LogP contribution in [0.5, 0.6) is 0 Å². The van der Waals surface area contributed by atoms with E-state index in [-0.39, 0.29) is 11.9 Å². The molecule has 4 rings (SSSR count). The van der Waals surface area contributed by atoms with E-state index in [1.165, 1.54) is 6.92 Å². The van der Waals surface area contributed by atoms with Crippen LogP contribution in [0.15, 0.2) is 46.2 Å². The summed E-state index contributed by atoms with van der Waals surface area (Å²) >= 11 is 3.19. The number of hydrogen-bond donors (Lipinski definition) is 2. The minimum atomic E-state index is -0.0382. The Kier molecular flexibility index (Phi) is 4.69. The van der Waals surface area contributed by atoms with Crippen molar-refractivity contribution in [1.29, 1.82) is 0 Å². The predicted molar refractivity (Wildman–Crippen MR) is 106 cm³/mol. The number of nitrogen functional groups attached to an aromatic ring is 1. The van der Waals surface area contributed by atoms with Gasteiger partial charge in [0.05, 0.1) is 17.1 Å². The molecule has 0 aliphatic rings. The van der Waals surface area contributed by atoms with Crippen LogP contribution in [0.25, 0.3) is 32.6 Å². The fourth-order valence-corrected chi connectivity index (χ4v) is 4.28. The molecule has 0 saturated heterocycles. The van der Waals surface area contributed by atoms with Crippen LogP contribution in [0.3, 0.4) is 0 Å². The summed E-state index contributed by atoms with van der Waals surface area (Å²) in [6, 6.07) is 11.8. The summed E-state index contributed by atoms with van der Waals surface area (Å²) in [4.78, 5) is 18.0. The molecule has 0 saturated carbocycles. The Labute approximate surface area is 162 Å². The van der Waals surface area contributed by atoms with Crippen molar-refractivity contribution in [1.82, 2.24) is 20.5 Å². The Hall–Kier alpha value is -3.04. The maximum atomic E-state index is 11.0. The van der Waals surface area contributed by atoms with Crippen LogP contribution in [0.4, 0.5) is 6.01 Å². The van der Waals surface area contributed by atoms with Crippen molar-refractivity contribution in [3.05, 3.63) is 46.7 Å². The lowest BCUT2D eigenvalue weighted by atomic mass is 10.1. The van der Waals surface area contributed by atoms with Crippen LogP contribution < -0.4 is 11.1 Å². The summed E-state index contributed by atoms with van der Waals surface area (Å²) in [7, 11) is 0. The van der Waals surface area contributed by atoms with Crippen molar-refractivity contribution in [3.63, 3.8) is 0 Å². The van der Waals surface area contributed by atoms with Gasteiger partial charge in [-0.3, -0.25) is 4.79 Å². The molecule has 0 fully saturated rings. The van der Waals surface area contributed by atoms with Gasteiger partial charge in [-0.15, -0.1) is 27.8 Å². The molecule has 9 heteroatoms. The second kappa shape index (κ2) is 7.29. The second-order valence-corrected chi connectivity index (χ2v) is 7.77. The van der Waals surface area contributed by atoms with Crippen LogP contribution in [0, 0.1) is 0 Å². The highest BCUT2D eigenvalue weighted by molar-refractivity contribution is 7.16. The third-order valence-corrected chi connectivity index (χ3v) is 5.73. The van der Waals surface area contributed by atoms with Crippen LogP contribution in [-0.2, 0) is 11.3 Å². The highest BCUT2D eigenvalue weighted by Gasteiger charge is 2.12. The molecule has 7 nitrogen and oxygen atoms in total. The summed E-state index contributed by atoms with van der Waals surface area (Å²) in [6.07, 6.45) is 0. The standard InChI is InChI=1S/C18H15N5O2S2/c1-10(24)20-8-13-5-6-15(27-13)14-9-26-17(21-14)12-4-2-3-11(7-12)16-22-23-18(19)25-16/h2-7,9H,8H2,1H3,(H2,19,23)(H,20,24). The SMILES string of the molecule is CC(=O)NCc1ccc(-c2csc(-c3cccc(-c4nnc(N)o4)c3)n2)s1. The number of benzene rings is 1.